The maximum absolute atomic E-state index is 13.0. The van der Waals surface area contributed by atoms with E-state index in [1.165, 1.54) is 12.1 Å². The number of aliphatic hydroxyl groups is 1. The average Bonchev–Trinajstić information content (AvgIpc) is 3.00. The Balaban J connectivity index is 1.93. The fraction of sp³-hybridized carbons (Fsp3) is 0.556. The van der Waals surface area contributed by atoms with E-state index in [0.717, 1.165) is 44.4 Å². The van der Waals surface area contributed by atoms with Gasteiger partial charge in [0.2, 0.25) is 0 Å². The lowest BCUT2D eigenvalue weighted by Gasteiger charge is -2.27. The Labute approximate surface area is 132 Å². The Hall–Kier alpha value is -1.23. The SMILES string of the molecule is C=CCC[C@@H](O)CN(Cc1ccc(F)cc1)C[C@H]1CCCO1. The van der Waals surface area contributed by atoms with Gasteiger partial charge in [-0.25, -0.2) is 4.39 Å². The highest BCUT2D eigenvalue weighted by Crippen LogP contribution is 2.16. The lowest BCUT2D eigenvalue weighted by Crippen LogP contribution is -2.37. The van der Waals surface area contributed by atoms with Crippen LogP contribution in [0.1, 0.15) is 31.2 Å². The van der Waals surface area contributed by atoms with Crippen molar-refractivity contribution in [2.24, 2.45) is 0 Å². The van der Waals surface area contributed by atoms with Gasteiger partial charge >= 0.3 is 0 Å². The molecule has 1 heterocycles. The van der Waals surface area contributed by atoms with E-state index in [2.05, 4.69) is 11.5 Å². The third-order valence-electron chi connectivity index (χ3n) is 3.98. The molecular formula is C18H26FNO2. The summed E-state index contributed by atoms with van der Waals surface area (Å²) in [7, 11) is 0. The third-order valence-corrected chi connectivity index (χ3v) is 3.98. The molecule has 1 aliphatic heterocycles. The van der Waals surface area contributed by atoms with Crippen LogP contribution in [0.15, 0.2) is 36.9 Å². The van der Waals surface area contributed by atoms with Crippen LogP contribution in [0.2, 0.25) is 0 Å². The van der Waals surface area contributed by atoms with Crippen molar-refractivity contribution in [2.45, 2.75) is 44.4 Å². The lowest BCUT2D eigenvalue weighted by atomic mass is 10.1. The largest absolute Gasteiger partial charge is 0.392 e. The molecule has 1 saturated heterocycles. The molecule has 1 aliphatic rings. The van der Waals surface area contributed by atoms with E-state index in [1.54, 1.807) is 12.1 Å². The molecule has 1 N–H and O–H groups in total. The standard InChI is InChI=1S/C18H26FNO2/c1-2-3-5-17(21)13-20(14-18-6-4-11-22-18)12-15-7-9-16(19)10-8-15/h2,7-10,17-18,21H,1,3-6,11-14H2/t17-,18-/m1/s1. The molecule has 4 heteroatoms. The molecule has 2 rings (SSSR count). The summed E-state index contributed by atoms with van der Waals surface area (Å²) < 4.78 is 18.7. The molecule has 0 spiro atoms. The predicted octanol–water partition coefficient (Wildman–Crippen LogP) is 3.13. The van der Waals surface area contributed by atoms with Crippen LogP contribution in [0.3, 0.4) is 0 Å². The van der Waals surface area contributed by atoms with E-state index >= 15 is 0 Å². The fourth-order valence-electron chi connectivity index (χ4n) is 2.83. The third kappa shape index (κ3) is 5.87. The van der Waals surface area contributed by atoms with Gasteiger partial charge in [0.05, 0.1) is 12.2 Å². The average molecular weight is 307 g/mol. The first-order chi connectivity index (χ1) is 10.7. The summed E-state index contributed by atoms with van der Waals surface area (Å²) in [5.74, 6) is -0.222. The number of nitrogens with zero attached hydrogens (tertiary/aromatic N) is 1. The topological polar surface area (TPSA) is 32.7 Å². The number of halogens is 1. The first-order valence-corrected chi connectivity index (χ1v) is 8.04. The van der Waals surface area contributed by atoms with Gasteiger partial charge in [-0.15, -0.1) is 6.58 Å². The van der Waals surface area contributed by atoms with Gasteiger partial charge in [-0.1, -0.05) is 18.2 Å². The summed E-state index contributed by atoms with van der Waals surface area (Å²) in [5.41, 5.74) is 1.05. The quantitative estimate of drug-likeness (QED) is 0.712. The Morgan fingerprint density at radius 3 is 2.82 bits per heavy atom. The van der Waals surface area contributed by atoms with E-state index < -0.39 is 0 Å². The molecule has 0 radical (unpaired) electrons. The Morgan fingerprint density at radius 2 is 2.18 bits per heavy atom. The normalized spacial score (nSPS) is 19.5. The van der Waals surface area contributed by atoms with Crippen molar-refractivity contribution in [3.63, 3.8) is 0 Å². The predicted molar refractivity (Wildman–Crippen MR) is 86.1 cm³/mol. The maximum Gasteiger partial charge on any atom is 0.123 e. The molecule has 0 bridgehead atoms. The monoisotopic (exact) mass is 307 g/mol. The molecule has 1 fully saturated rings. The van der Waals surface area contributed by atoms with Crippen LogP contribution in [0, 0.1) is 5.82 Å². The molecule has 22 heavy (non-hydrogen) atoms. The molecule has 1 aromatic rings. The molecule has 0 aliphatic carbocycles. The molecule has 3 nitrogen and oxygen atoms in total. The highest BCUT2D eigenvalue weighted by Gasteiger charge is 2.21. The van der Waals surface area contributed by atoms with Gasteiger partial charge in [-0.3, -0.25) is 4.90 Å². The number of allylic oxidation sites excluding steroid dienone is 1. The number of rotatable bonds is 9. The van der Waals surface area contributed by atoms with E-state index in [0.29, 0.717) is 13.1 Å². The summed E-state index contributed by atoms with van der Waals surface area (Å²) in [6.07, 6.45) is 5.40. The van der Waals surface area contributed by atoms with Gasteiger partial charge in [-0.05, 0) is 43.4 Å². The lowest BCUT2D eigenvalue weighted by molar-refractivity contribution is 0.0445. The minimum absolute atomic E-state index is 0.222. The minimum Gasteiger partial charge on any atom is -0.392 e. The molecule has 1 aromatic carbocycles. The van der Waals surface area contributed by atoms with Crippen molar-refractivity contribution in [1.29, 1.82) is 0 Å². The van der Waals surface area contributed by atoms with Crippen LogP contribution >= 0.6 is 0 Å². The summed E-state index contributed by atoms with van der Waals surface area (Å²) in [5, 5.41) is 10.2. The molecular weight excluding hydrogens is 281 g/mol. The van der Waals surface area contributed by atoms with Gasteiger partial charge in [0.15, 0.2) is 0 Å². The first-order valence-electron chi connectivity index (χ1n) is 8.04. The maximum atomic E-state index is 13.0. The molecule has 0 unspecified atom stereocenters. The summed E-state index contributed by atoms with van der Waals surface area (Å²) in [6, 6.07) is 6.56. The molecule has 0 amide bonds. The second kappa shape index (κ2) is 9.03. The van der Waals surface area contributed by atoms with Crippen LogP contribution in [-0.4, -0.2) is 41.9 Å². The smallest absolute Gasteiger partial charge is 0.123 e. The van der Waals surface area contributed by atoms with Gasteiger partial charge in [-0.2, -0.15) is 0 Å². The van der Waals surface area contributed by atoms with Gasteiger partial charge in [0.25, 0.3) is 0 Å². The van der Waals surface area contributed by atoms with E-state index in [-0.39, 0.29) is 18.0 Å². The van der Waals surface area contributed by atoms with Crippen LogP contribution in [0.5, 0.6) is 0 Å². The second-order valence-electron chi connectivity index (χ2n) is 5.98. The zero-order valence-electron chi connectivity index (χ0n) is 13.1. The van der Waals surface area contributed by atoms with E-state index in [1.807, 2.05) is 6.08 Å². The molecule has 122 valence electrons. The summed E-state index contributed by atoms with van der Waals surface area (Å²) >= 11 is 0. The number of hydrogen-bond donors (Lipinski definition) is 1. The summed E-state index contributed by atoms with van der Waals surface area (Å²) in [6.45, 7) is 6.63. The van der Waals surface area contributed by atoms with E-state index in [4.69, 9.17) is 4.74 Å². The highest BCUT2D eigenvalue weighted by atomic mass is 19.1. The minimum atomic E-state index is -0.375. The molecule has 0 saturated carbocycles. The summed E-state index contributed by atoms with van der Waals surface area (Å²) in [4.78, 5) is 2.21. The Morgan fingerprint density at radius 1 is 1.41 bits per heavy atom. The molecule has 0 aromatic heterocycles. The van der Waals surface area contributed by atoms with Crippen molar-refractivity contribution >= 4 is 0 Å². The van der Waals surface area contributed by atoms with Crippen molar-refractivity contribution in [3.05, 3.63) is 48.3 Å². The first kappa shape index (κ1) is 17.1. The Kier molecular flexibility index (Phi) is 7.03. The fourth-order valence-corrected chi connectivity index (χ4v) is 2.83. The van der Waals surface area contributed by atoms with Crippen molar-refractivity contribution in [3.8, 4) is 0 Å². The van der Waals surface area contributed by atoms with Crippen LogP contribution in [0.25, 0.3) is 0 Å². The van der Waals surface area contributed by atoms with Gasteiger partial charge in [0.1, 0.15) is 5.82 Å². The number of aliphatic hydroxyl groups excluding tert-OH is 1. The Bertz CT molecular complexity index is 443. The number of benzene rings is 1. The zero-order valence-corrected chi connectivity index (χ0v) is 13.1. The van der Waals surface area contributed by atoms with Crippen molar-refractivity contribution < 1.29 is 14.2 Å². The number of hydrogen-bond acceptors (Lipinski definition) is 3. The zero-order chi connectivity index (χ0) is 15.8. The highest BCUT2D eigenvalue weighted by molar-refractivity contribution is 5.15. The second-order valence-corrected chi connectivity index (χ2v) is 5.98. The van der Waals surface area contributed by atoms with Crippen LogP contribution in [-0.2, 0) is 11.3 Å². The molecule has 2 atom stereocenters. The van der Waals surface area contributed by atoms with E-state index in [9.17, 15) is 9.50 Å². The van der Waals surface area contributed by atoms with Crippen molar-refractivity contribution in [2.75, 3.05) is 19.7 Å². The van der Waals surface area contributed by atoms with Gasteiger partial charge in [0, 0.05) is 26.2 Å². The van der Waals surface area contributed by atoms with Crippen molar-refractivity contribution in [1.82, 2.24) is 4.90 Å². The van der Waals surface area contributed by atoms with Gasteiger partial charge < -0.3 is 9.84 Å². The number of ether oxygens (including phenoxy) is 1. The van der Waals surface area contributed by atoms with Crippen LogP contribution < -0.4 is 0 Å². The van der Waals surface area contributed by atoms with Crippen LogP contribution in [0.4, 0.5) is 4.39 Å².